The number of hydrogen-bond acceptors (Lipinski definition) is 6. The number of rotatable bonds is 8. The van der Waals surface area contributed by atoms with Crippen molar-refractivity contribution in [3.8, 4) is 0 Å². The second-order valence-electron chi connectivity index (χ2n) is 8.34. The first-order valence-corrected chi connectivity index (χ1v) is 13.1. The number of aryl methyl sites for hydroxylation is 4. The number of fused-ring (bicyclic) bond motifs is 5. The average Bonchev–Trinajstić information content (AvgIpc) is 3.50. The van der Waals surface area contributed by atoms with Crippen LogP contribution in [-0.2, 0) is 30.5 Å². The summed E-state index contributed by atoms with van der Waals surface area (Å²) in [5.74, 6) is 1.30. The van der Waals surface area contributed by atoms with Crippen LogP contribution in [0, 0.1) is 0 Å². The molecule has 32 heavy (non-hydrogen) atoms. The van der Waals surface area contributed by atoms with Gasteiger partial charge in [-0.1, -0.05) is 49.0 Å². The molecule has 0 radical (unpaired) electrons. The SMILES string of the molecule is CCc1nc2sc3c(c2c2nnc(SCC(=O)NC(C)CCc4ccccc4)n12)CCC3. The molecule has 0 fully saturated rings. The fourth-order valence-corrected chi connectivity index (χ4v) is 6.45. The number of carbonyl (C=O) groups is 1. The molecule has 0 saturated heterocycles. The lowest BCUT2D eigenvalue weighted by atomic mass is 10.1. The Morgan fingerprint density at radius 1 is 1.25 bits per heavy atom. The van der Waals surface area contributed by atoms with Crippen LogP contribution in [0.1, 0.15) is 48.5 Å². The fraction of sp³-hybridized carbons (Fsp3) is 0.417. The minimum Gasteiger partial charge on any atom is -0.353 e. The second-order valence-corrected chi connectivity index (χ2v) is 10.4. The first kappa shape index (κ1) is 21.4. The standard InChI is InChI=1S/C24H27N5OS2/c1-3-19-26-23-21(17-10-7-11-18(17)32-23)22-27-28-24(29(19)22)31-14-20(30)25-15(2)12-13-16-8-5-4-6-9-16/h4-6,8-9,15H,3,7,10-14H2,1-2H3,(H,25,30). The Bertz CT molecular complexity index is 1260. The Hall–Kier alpha value is -2.45. The molecule has 5 rings (SSSR count). The van der Waals surface area contributed by atoms with Crippen LogP contribution in [0.5, 0.6) is 0 Å². The van der Waals surface area contributed by atoms with Crippen molar-refractivity contribution in [1.29, 1.82) is 0 Å². The van der Waals surface area contributed by atoms with Crippen molar-refractivity contribution >= 4 is 44.9 Å². The van der Waals surface area contributed by atoms with E-state index < -0.39 is 0 Å². The summed E-state index contributed by atoms with van der Waals surface area (Å²) in [5.41, 5.74) is 3.59. The molecule has 0 bridgehead atoms. The number of nitrogens with zero attached hydrogens (tertiary/aromatic N) is 4. The van der Waals surface area contributed by atoms with Gasteiger partial charge in [0, 0.05) is 17.3 Å². The number of carbonyl (C=O) groups excluding carboxylic acids is 1. The van der Waals surface area contributed by atoms with Gasteiger partial charge < -0.3 is 5.32 Å². The van der Waals surface area contributed by atoms with Gasteiger partial charge in [-0.2, -0.15) is 0 Å². The van der Waals surface area contributed by atoms with E-state index in [-0.39, 0.29) is 11.9 Å². The molecular weight excluding hydrogens is 438 g/mol. The smallest absolute Gasteiger partial charge is 0.230 e. The third kappa shape index (κ3) is 4.13. The Kier molecular flexibility index (Phi) is 6.15. The van der Waals surface area contributed by atoms with E-state index in [1.54, 1.807) is 11.3 Å². The van der Waals surface area contributed by atoms with Gasteiger partial charge in [0.1, 0.15) is 10.7 Å². The molecule has 0 aliphatic heterocycles. The second kappa shape index (κ2) is 9.19. The molecule has 8 heteroatoms. The highest BCUT2D eigenvalue weighted by molar-refractivity contribution is 7.99. The summed E-state index contributed by atoms with van der Waals surface area (Å²) < 4.78 is 2.06. The lowest BCUT2D eigenvalue weighted by molar-refractivity contribution is -0.119. The maximum Gasteiger partial charge on any atom is 0.230 e. The summed E-state index contributed by atoms with van der Waals surface area (Å²) in [6.45, 7) is 4.16. The number of nitrogens with one attached hydrogen (secondary N) is 1. The monoisotopic (exact) mass is 465 g/mol. The number of thioether (sulfide) groups is 1. The van der Waals surface area contributed by atoms with E-state index >= 15 is 0 Å². The normalized spacial score (nSPS) is 14.2. The number of thiophene rings is 1. The van der Waals surface area contributed by atoms with Crippen molar-refractivity contribution in [2.24, 2.45) is 0 Å². The van der Waals surface area contributed by atoms with Crippen LogP contribution in [0.25, 0.3) is 15.9 Å². The van der Waals surface area contributed by atoms with Crippen molar-refractivity contribution < 1.29 is 4.79 Å². The molecule has 1 N–H and O–H groups in total. The molecule has 4 aromatic rings. The predicted octanol–water partition coefficient (Wildman–Crippen LogP) is 4.62. The zero-order valence-corrected chi connectivity index (χ0v) is 20.1. The molecule has 1 aliphatic rings. The number of amides is 1. The molecule has 6 nitrogen and oxygen atoms in total. The molecule has 0 spiro atoms. The highest BCUT2D eigenvalue weighted by Crippen LogP contribution is 2.39. The summed E-state index contributed by atoms with van der Waals surface area (Å²) in [7, 11) is 0. The van der Waals surface area contributed by atoms with Gasteiger partial charge in [-0.3, -0.25) is 9.20 Å². The maximum absolute atomic E-state index is 12.6. The van der Waals surface area contributed by atoms with Gasteiger partial charge >= 0.3 is 0 Å². The molecule has 1 aromatic carbocycles. The molecular formula is C24H27N5OS2. The van der Waals surface area contributed by atoms with Crippen LogP contribution < -0.4 is 5.32 Å². The van der Waals surface area contributed by atoms with Crippen LogP contribution >= 0.6 is 23.1 Å². The van der Waals surface area contributed by atoms with Gasteiger partial charge in [-0.25, -0.2) is 4.98 Å². The summed E-state index contributed by atoms with van der Waals surface area (Å²) in [6.07, 6.45) is 6.11. The lowest BCUT2D eigenvalue weighted by Crippen LogP contribution is -2.34. The number of hydrogen-bond donors (Lipinski definition) is 1. The van der Waals surface area contributed by atoms with E-state index in [1.807, 2.05) is 6.07 Å². The third-order valence-electron chi connectivity index (χ3n) is 6.01. The zero-order valence-electron chi connectivity index (χ0n) is 18.4. The van der Waals surface area contributed by atoms with Crippen LogP contribution in [0.15, 0.2) is 35.5 Å². The third-order valence-corrected chi connectivity index (χ3v) is 8.13. The minimum atomic E-state index is 0.0239. The van der Waals surface area contributed by atoms with E-state index in [4.69, 9.17) is 4.98 Å². The molecule has 166 valence electrons. The van der Waals surface area contributed by atoms with Crippen molar-refractivity contribution in [2.45, 2.75) is 63.6 Å². The van der Waals surface area contributed by atoms with Crippen molar-refractivity contribution in [3.05, 3.63) is 52.2 Å². The Labute approximate surface area is 195 Å². The molecule has 1 atom stereocenters. The topological polar surface area (TPSA) is 72.2 Å². The van der Waals surface area contributed by atoms with Crippen LogP contribution in [-0.4, -0.2) is 37.3 Å². The van der Waals surface area contributed by atoms with E-state index in [0.29, 0.717) is 5.75 Å². The Morgan fingerprint density at radius 2 is 2.09 bits per heavy atom. The fourth-order valence-electron chi connectivity index (χ4n) is 4.41. The largest absolute Gasteiger partial charge is 0.353 e. The van der Waals surface area contributed by atoms with E-state index in [2.05, 4.69) is 58.0 Å². The highest BCUT2D eigenvalue weighted by atomic mass is 32.2. The first-order chi connectivity index (χ1) is 15.6. The van der Waals surface area contributed by atoms with E-state index in [9.17, 15) is 4.79 Å². The molecule has 0 saturated carbocycles. The van der Waals surface area contributed by atoms with E-state index in [0.717, 1.165) is 58.9 Å². The van der Waals surface area contributed by atoms with Gasteiger partial charge in [0.15, 0.2) is 10.8 Å². The number of aromatic nitrogens is 4. The van der Waals surface area contributed by atoms with Crippen LogP contribution in [0.4, 0.5) is 0 Å². The van der Waals surface area contributed by atoms with Crippen molar-refractivity contribution in [3.63, 3.8) is 0 Å². The summed E-state index contributed by atoms with van der Waals surface area (Å²) in [6, 6.07) is 10.5. The van der Waals surface area contributed by atoms with Gasteiger partial charge in [-0.05, 0) is 50.2 Å². The summed E-state index contributed by atoms with van der Waals surface area (Å²) in [5, 5.41) is 14.0. The summed E-state index contributed by atoms with van der Waals surface area (Å²) >= 11 is 3.24. The van der Waals surface area contributed by atoms with Gasteiger partial charge in [0.25, 0.3) is 0 Å². The summed E-state index contributed by atoms with van der Waals surface area (Å²) in [4.78, 5) is 20.0. The lowest BCUT2D eigenvalue weighted by Gasteiger charge is -2.13. The highest BCUT2D eigenvalue weighted by Gasteiger charge is 2.24. The Morgan fingerprint density at radius 3 is 2.91 bits per heavy atom. The molecule has 3 aromatic heterocycles. The average molecular weight is 466 g/mol. The Balaban J connectivity index is 1.28. The first-order valence-electron chi connectivity index (χ1n) is 11.3. The van der Waals surface area contributed by atoms with Crippen LogP contribution in [0.3, 0.4) is 0 Å². The van der Waals surface area contributed by atoms with Crippen molar-refractivity contribution in [2.75, 3.05) is 5.75 Å². The predicted molar refractivity (Wildman–Crippen MR) is 131 cm³/mol. The minimum absolute atomic E-state index is 0.0239. The molecule has 1 aliphatic carbocycles. The van der Waals surface area contributed by atoms with Crippen molar-refractivity contribution in [1.82, 2.24) is 24.9 Å². The number of benzene rings is 1. The van der Waals surface area contributed by atoms with Gasteiger partial charge in [0.2, 0.25) is 5.91 Å². The quantitative estimate of drug-likeness (QED) is 0.385. The molecule has 1 amide bonds. The van der Waals surface area contributed by atoms with Gasteiger partial charge in [-0.15, -0.1) is 21.5 Å². The van der Waals surface area contributed by atoms with E-state index in [1.165, 1.54) is 34.2 Å². The molecule has 3 heterocycles. The van der Waals surface area contributed by atoms with Crippen LogP contribution in [0.2, 0.25) is 0 Å². The zero-order chi connectivity index (χ0) is 22.1. The maximum atomic E-state index is 12.6. The van der Waals surface area contributed by atoms with Gasteiger partial charge in [0.05, 0.1) is 11.1 Å². The molecule has 1 unspecified atom stereocenters.